The van der Waals surface area contributed by atoms with Gasteiger partial charge >= 0.3 is 0 Å². The lowest BCUT2D eigenvalue weighted by Gasteiger charge is -2.06. The number of carbonyl (C=O) groups excluding carboxylic acids is 1. The first-order valence-electron chi connectivity index (χ1n) is 5.27. The van der Waals surface area contributed by atoms with Gasteiger partial charge < -0.3 is 10.8 Å². The first-order chi connectivity index (χ1) is 7.56. The number of aryl methyl sites for hydroxylation is 1. The molecule has 0 radical (unpaired) electrons. The summed E-state index contributed by atoms with van der Waals surface area (Å²) in [4.78, 5) is 11.2. The van der Waals surface area contributed by atoms with Gasteiger partial charge in [-0.15, -0.1) is 0 Å². The molecule has 3 nitrogen and oxygen atoms in total. The van der Waals surface area contributed by atoms with Crippen LogP contribution in [0, 0.1) is 6.92 Å². The van der Waals surface area contributed by atoms with Crippen molar-refractivity contribution in [2.45, 2.75) is 20.3 Å². The molecule has 1 aromatic rings. The van der Waals surface area contributed by atoms with Gasteiger partial charge in [-0.1, -0.05) is 12.2 Å². The molecule has 86 valence electrons. The SMILES string of the molecule is CC(=O)c1cc(C)c(C=CCCN)cc1O. The highest BCUT2D eigenvalue weighted by molar-refractivity contribution is 5.97. The van der Waals surface area contributed by atoms with Crippen molar-refractivity contribution < 1.29 is 9.90 Å². The quantitative estimate of drug-likeness (QED) is 0.763. The van der Waals surface area contributed by atoms with Crippen LogP contribution in [-0.2, 0) is 0 Å². The van der Waals surface area contributed by atoms with Crippen molar-refractivity contribution in [2.75, 3.05) is 6.54 Å². The van der Waals surface area contributed by atoms with Crippen molar-refractivity contribution in [2.24, 2.45) is 5.73 Å². The van der Waals surface area contributed by atoms with Crippen LogP contribution in [0.5, 0.6) is 5.75 Å². The van der Waals surface area contributed by atoms with Crippen molar-refractivity contribution in [3.63, 3.8) is 0 Å². The maximum atomic E-state index is 11.2. The Morgan fingerprint density at radius 2 is 2.19 bits per heavy atom. The Morgan fingerprint density at radius 1 is 1.50 bits per heavy atom. The summed E-state index contributed by atoms with van der Waals surface area (Å²) >= 11 is 0. The molecule has 3 heteroatoms. The zero-order valence-electron chi connectivity index (χ0n) is 9.66. The van der Waals surface area contributed by atoms with Crippen LogP contribution in [0.25, 0.3) is 6.08 Å². The molecule has 0 heterocycles. The fourth-order valence-corrected chi connectivity index (χ4v) is 1.48. The molecule has 0 atom stereocenters. The van der Waals surface area contributed by atoms with Gasteiger partial charge in [-0.25, -0.2) is 0 Å². The second-order valence-electron chi connectivity index (χ2n) is 3.76. The molecular formula is C13H17NO2. The molecule has 0 saturated carbocycles. The van der Waals surface area contributed by atoms with Gasteiger partial charge in [-0.3, -0.25) is 4.79 Å². The molecule has 0 aromatic heterocycles. The number of aromatic hydroxyl groups is 1. The minimum atomic E-state index is -0.127. The Morgan fingerprint density at radius 3 is 2.75 bits per heavy atom. The maximum absolute atomic E-state index is 11.2. The number of ketones is 1. The summed E-state index contributed by atoms with van der Waals surface area (Å²) in [6.07, 6.45) is 4.66. The van der Waals surface area contributed by atoms with Crippen LogP contribution in [-0.4, -0.2) is 17.4 Å². The number of Topliss-reactive ketones (excluding diaryl/α,β-unsaturated/α-hetero) is 1. The second kappa shape index (κ2) is 5.47. The van der Waals surface area contributed by atoms with Gasteiger partial charge in [0.25, 0.3) is 0 Å². The average Bonchev–Trinajstić information content (AvgIpc) is 2.22. The van der Waals surface area contributed by atoms with Crippen LogP contribution in [0.1, 0.15) is 34.8 Å². The van der Waals surface area contributed by atoms with Crippen molar-refractivity contribution in [3.8, 4) is 5.75 Å². The first-order valence-corrected chi connectivity index (χ1v) is 5.27. The second-order valence-corrected chi connectivity index (χ2v) is 3.76. The van der Waals surface area contributed by atoms with Gasteiger partial charge in [0.15, 0.2) is 5.78 Å². The average molecular weight is 219 g/mol. The molecule has 16 heavy (non-hydrogen) atoms. The number of benzene rings is 1. The van der Waals surface area contributed by atoms with E-state index in [1.54, 1.807) is 12.1 Å². The van der Waals surface area contributed by atoms with Gasteiger partial charge in [0.1, 0.15) is 5.75 Å². The molecule has 3 N–H and O–H groups in total. The normalized spacial score (nSPS) is 10.9. The van der Waals surface area contributed by atoms with Crippen LogP contribution < -0.4 is 5.73 Å². The van der Waals surface area contributed by atoms with E-state index in [1.165, 1.54) is 6.92 Å². The van der Waals surface area contributed by atoms with E-state index in [4.69, 9.17) is 5.73 Å². The third-order valence-electron chi connectivity index (χ3n) is 2.39. The standard InChI is InChI=1S/C13H17NO2/c1-9-7-12(10(2)15)13(16)8-11(9)5-3-4-6-14/h3,5,7-8,16H,4,6,14H2,1-2H3. The lowest BCUT2D eigenvalue weighted by atomic mass is 10.0. The summed E-state index contributed by atoms with van der Waals surface area (Å²) in [5.74, 6) is -0.0939. The van der Waals surface area contributed by atoms with Gasteiger partial charge in [0.2, 0.25) is 0 Å². The Labute approximate surface area is 95.6 Å². The van der Waals surface area contributed by atoms with Crippen LogP contribution in [0.4, 0.5) is 0 Å². The fourth-order valence-electron chi connectivity index (χ4n) is 1.48. The van der Waals surface area contributed by atoms with Crippen LogP contribution in [0.15, 0.2) is 18.2 Å². The summed E-state index contributed by atoms with van der Waals surface area (Å²) in [6.45, 7) is 3.96. The lowest BCUT2D eigenvalue weighted by molar-refractivity contribution is 0.101. The smallest absolute Gasteiger partial charge is 0.163 e. The molecule has 1 aromatic carbocycles. The highest BCUT2D eigenvalue weighted by atomic mass is 16.3. The van der Waals surface area contributed by atoms with E-state index in [1.807, 2.05) is 19.1 Å². The highest BCUT2D eigenvalue weighted by Crippen LogP contribution is 2.23. The molecule has 0 bridgehead atoms. The number of nitrogens with two attached hydrogens (primary N) is 1. The number of phenols is 1. The summed E-state index contributed by atoms with van der Waals surface area (Å²) in [5.41, 5.74) is 7.63. The molecule has 0 spiro atoms. The van der Waals surface area contributed by atoms with Crippen LogP contribution >= 0.6 is 0 Å². The minimum absolute atomic E-state index is 0.0329. The van der Waals surface area contributed by atoms with Crippen molar-refractivity contribution in [1.82, 2.24) is 0 Å². The predicted octanol–water partition coefficient (Wildman–Crippen LogP) is 2.27. The van der Waals surface area contributed by atoms with E-state index in [0.717, 1.165) is 17.5 Å². The van der Waals surface area contributed by atoms with E-state index >= 15 is 0 Å². The maximum Gasteiger partial charge on any atom is 0.163 e. The molecule has 0 unspecified atom stereocenters. The summed E-state index contributed by atoms with van der Waals surface area (Å²) < 4.78 is 0. The number of hydrogen-bond donors (Lipinski definition) is 2. The van der Waals surface area contributed by atoms with Crippen LogP contribution in [0.2, 0.25) is 0 Å². The highest BCUT2D eigenvalue weighted by Gasteiger charge is 2.08. The number of hydrogen-bond acceptors (Lipinski definition) is 3. The number of phenolic OH excluding ortho intramolecular Hbond substituents is 1. The number of rotatable bonds is 4. The molecular weight excluding hydrogens is 202 g/mol. The zero-order chi connectivity index (χ0) is 12.1. The van der Waals surface area contributed by atoms with E-state index in [-0.39, 0.29) is 11.5 Å². The van der Waals surface area contributed by atoms with E-state index in [0.29, 0.717) is 12.1 Å². The Hall–Kier alpha value is -1.61. The largest absolute Gasteiger partial charge is 0.507 e. The van der Waals surface area contributed by atoms with E-state index in [2.05, 4.69) is 0 Å². The van der Waals surface area contributed by atoms with Gasteiger partial charge in [0, 0.05) is 0 Å². The molecule has 0 amide bonds. The van der Waals surface area contributed by atoms with Crippen molar-refractivity contribution in [1.29, 1.82) is 0 Å². The Balaban J connectivity index is 3.05. The molecule has 1 rings (SSSR count). The van der Waals surface area contributed by atoms with E-state index in [9.17, 15) is 9.90 Å². The fraction of sp³-hybridized carbons (Fsp3) is 0.308. The zero-order valence-corrected chi connectivity index (χ0v) is 9.66. The molecule has 0 aliphatic carbocycles. The van der Waals surface area contributed by atoms with Gasteiger partial charge in [-0.05, 0) is 50.1 Å². The lowest BCUT2D eigenvalue weighted by Crippen LogP contribution is -1.96. The van der Waals surface area contributed by atoms with Crippen molar-refractivity contribution in [3.05, 3.63) is 34.9 Å². The summed E-state index contributed by atoms with van der Waals surface area (Å²) in [6, 6.07) is 3.32. The first kappa shape index (κ1) is 12.5. The molecule has 0 aliphatic heterocycles. The van der Waals surface area contributed by atoms with E-state index < -0.39 is 0 Å². The monoisotopic (exact) mass is 219 g/mol. The molecule has 0 saturated heterocycles. The summed E-state index contributed by atoms with van der Waals surface area (Å²) in [5, 5.41) is 9.66. The third kappa shape index (κ3) is 2.94. The van der Waals surface area contributed by atoms with Crippen LogP contribution in [0.3, 0.4) is 0 Å². The molecule has 0 aliphatic rings. The van der Waals surface area contributed by atoms with Gasteiger partial charge in [0.05, 0.1) is 5.56 Å². The topological polar surface area (TPSA) is 63.3 Å². The summed E-state index contributed by atoms with van der Waals surface area (Å²) in [7, 11) is 0. The van der Waals surface area contributed by atoms with Gasteiger partial charge in [-0.2, -0.15) is 0 Å². The predicted molar refractivity (Wildman–Crippen MR) is 65.6 cm³/mol. The Bertz CT molecular complexity index is 422. The Kier molecular flexibility index (Phi) is 4.26. The number of carbonyl (C=O) groups is 1. The van der Waals surface area contributed by atoms with Crippen molar-refractivity contribution >= 4 is 11.9 Å². The minimum Gasteiger partial charge on any atom is -0.507 e. The molecule has 0 fully saturated rings. The third-order valence-corrected chi connectivity index (χ3v) is 2.39.